The predicted octanol–water partition coefficient (Wildman–Crippen LogP) is 1.96. The van der Waals surface area contributed by atoms with E-state index in [0.717, 1.165) is 50.7 Å². The molecule has 3 rings (SSSR count). The maximum Gasteiger partial charge on any atom is 0.223 e. The molecule has 1 N–H and O–H groups in total. The second-order valence-electron chi connectivity index (χ2n) is 6.04. The number of hydrogen-bond acceptors (Lipinski definition) is 2. The molecule has 4 unspecified atom stereocenters. The molecule has 2 saturated carbocycles. The zero-order valence-electron chi connectivity index (χ0n) is 10.7. The summed E-state index contributed by atoms with van der Waals surface area (Å²) in [4.78, 5) is 12.0. The van der Waals surface area contributed by atoms with Crippen molar-refractivity contribution in [1.82, 2.24) is 5.32 Å². The highest BCUT2D eigenvalue weighted by Crippen LogP contribution is 2.54. The maximum absolute atomic E-state index is 12.0. The van der Waals surface area contributed by atoms with E-state index >= 15 is 0 Å². The van der Waals surface area contributed by atoms with Crippen LogP contribution in [0.4, 0.5) is 0 Å². The van der Waals surface area contributed by atoms with Crippen LogP contribution in [-0.2, 0) is 9.53 Å². The monoisotopic (exact) mass is 237 g/mol. The smallest absolute Gasteiger partial charge is 0.223 e. The summed E-state index contributed by atoms with van der Waals surface area (Å²) in [5.41, 5.74) is 0. The van der Waals surface area contributed by atoms with Gasteiger partial charge in [0, 0.05) is 25.0 Å². The van der Waals surface area contributed by atoms with Gasteiger partial charge in [0.15, 0.2) is 0 Å². The van der Waals surface area contributed by atoms with Gasteiger partial charge < -0.3 is 10.1 Å². The molecule has 2 aliphatic carbocycles. The van der Waals surface area contributed by atoms with Crippen molar-refractivity contribution in [1.29, 1.82) is 0 Å². The first-order valence-electron chi connectivity index (χ1n) is 7.17. The van der Waals surface area contributed by atoms with Gasteiger partial charge in [-0.2, -0.15) is 0 Å². The Kier molecular flexibility index (Phi) is 3.12. The molecule has 0 aromatic carbocycles. The van der Waals surface area contributed by atoms with E-state index in [-0.39, 0.29) is 0 Å². The minimum atomic E-state index is 0.305. The summed E-state index contributed by atoms with van der Waals surface area (Å²) in [7, 11) is 0. The molecule has 1 amide bonds. The lowest BCUT2D eigenvalue weighted by Crippen LogP contribution is -2.36. The second-order valence-corrected chi connectivity index (χ2v) is 6.04. The van der Waals surface area contributed by atoms with Gasteiger partial charge in [0.1, 0.15) is 0 Å². The summed E-state index contributed by atoms with van der Waals surface area (Å²) in [6, 6.07) is 0. The molecule has 3 fully saturated rings. The summed E-state index contributed by atoms with van der Waals surface area (Å²) in [5.74, 6) is 2.95. The van der Waals surface area contributed by atoms with Crippen LogP contribution >= 0.6 is 0 Å². The summed E-state index contributed by atoms with van der Waals surface area (Å²) in [5, 5.41) is 3.15. The minimum Gasteiger partial charge on any atom is -0.378 e. The Balaban J connectivity index is 1.42. The molecule has 96 valence electrons. The van der Waals surface area contributed by atoms with Crippen molar-refractivity contribution in [2.24, 2.45) is 23.7 Å². The quantitative estimate of drug-likeness (QED) is 0.811. The van der Waals surface area contributed by atoms with Crippen molar-refractivity contribution in [3.63, 3.8) is 0 Å². The zero-order chi connectivity index (χ0) is 11.8. The molecule has 0 aromatic rings. The summed E-state index contributed by atoms with van der Waals surface area (Å²) in [6.07, 6.45) is 6.22. The van der Waals surface area contributed by atoms with Gasteiger partial charge in [-0.15, -0.1) is 0 Å². The molecular formula is C14H23NO2. The fraction of sp³-hybridized carbons (Fsp3) is 0.929. The molecule has 3 nitrogen and oxygen atoms in total. The van der Waals surface area contributed by atoms with Crippen LogP contribution in [0.25, 0.3) is 0 Å². The van der Waals surface area contributed by atoms with E-state index in [0.29, 0.717) is 23.8 Å². The number of hydrogen-bond donors (Lipinski definition) is 1. The molecule has 0 bridgehead atoms. The maximum atomic E-state index is 12.0. The van der Waals surface area contributed by atoms with Crippen molar-refractivity contribution in [2.45, 2.75) is 45.1 Å². The Morgan fingerprint density at radius 1 is 1.29 bits per heavy atom. The third-order valence-corrected chi connectivity index (χ3v) is 4.90. The van der Waals surface area contributed by atoms with E-state index in [4.69, 9.17) is 4.74 Å². The van der Waals surface area contributed by atoms with Crippen molar-refractivity contribution in [3.8, 4) is 0 Å². The molecule has 1 saturated heterocycles. The number of amides is 1. The molecule has 4 atom stereocenters. The van der Waals surface area contributed by atoms with Gasteiger partial charge >= 0.3 is 0 Å². The number of ether oxygens (including phenoxy) is 1. The lowest BCUT2D eigenvalue weighted by Gasteiger charge is -2.19. The predicted molar refractivity (Wildman–Crippen MR) is 65.5 cm³/mol. The summed E-state index contributed by atoms with van der Waals surface area (Å²) >= 11 is 0. The average molecular weight is 237 g/mol. The van der Waals surface area contributed by atoms with E-state index in [1.54, 1.807) is 0 Å². The number of carbonyl (C=O) groups excluding carboxylic acids is 1. The molecule has 17 heavy (non-hydrogen) atoms. The van der Waals surface area contributed by atoms with Crippen molar-refractivity contribution in [2.75, 3.05) is 13.2 Å². The highest BCUT2D eigenvalue weighted by Gasteiger charge is 2.48. The first kappa shape index (κ1) is 11.5. The highest BCUT2D eigenvalue weighted by molar-refractivity contribution is 5.79. The Labute approximate surface area is 103 Å². The van der Waals surface area contributed by atoms with Gasteiger partial charge in [0.2, 0.25) is 5.91 Å². The van der Waals surface area contributed by atoms with Crippen LogP contribution in [0.15, 0.2) is 0 Å². The molecule has 0 spiro atoms. The molecule has 3 heteroatoms. The molecule has 0 aromatic heterocycles. The van der Waals surface area contributed by atoms with Crippen LogP contribution in [-0.4, -0.2) is 25.2 Å². The van der Waals surface area contributed by atoms with Gasteiger partial charge in [-0.25, -0.2) is 0 Å². The third kappa shape index (κ3) is 2.35. The normalized spacial score (nSPS) is 43.5. The minimum absolute atomic E-state index is 0.305. The Morgan fingerprint density at radius 3 is 2.76 bits per heavy atom. The van der Waals surface area contributed by atoms with E-state index in [1.165, 1.54) is 6.42 Å². The van der Waals surface area contributed by atoms with Crippen LogP contribution in [0.5, 0.6) is 0 Å². The van der Waals surface area contributed by atoms with Crippen molar-refractivity contribution >= 4 is 5.91 Å². The van der Waals surface area contributed by atoms with Crippen molar-refractivity contribution < 1.29 is 9.53 Å². The van der Waals surface area contributed by atoms with Crippen LogP contribution in [0, 0.1) is 23.7 Å². The van der Waals surface area contributed by atoms with Crippen LogP contribution < -0.4 is 5.32 Å². The van der Waals surface area contributed by atoms with E-state index < -0.39 is 0 Å². The molecular weight excluding hydrogens is 214 g/mol. The van der Waals surface area contributed by atoms with Gasteiger partial charge in [-0.3, -0.25) is 4.79 Å². The lowest BCUT2D eigenvalue weighted by molar-refractivity contribution is -0.125. The number of carbonyl (C=O) groups is 1. The number of nitrogens with one attached hydrogen (secondary N) is 1. The standard InChI is InChI=1S/C14H23NO2/c1-2-13-9(3-4-17-13)8-15-14(16)12-6-10-5-11(10)7-12/h9-13H,2-8H2,1H3,(H,15,16). The molecule has 0 radical (unpaired) electrons. The fourth-order valence-electron chi connectivity index (χ4n) is 3.68. The van der Waals surface area contributed by atoms with E-state index in [2.05, 4.69) is 12.2 Å². The zero-order valence-corrected chi connectivity index (χ0v) is 10.7. The summed E-state index contributed by atoms with van der Waals surface area (Å²) < 4.78 is 5.65. The Bertz CT molecular complexity index is 295. The van der Waals surface area contributed by atoms with Crippen LogP contribution in [0.1, 0.15) is 39.0 Å². The first-order chi connectivity index (χ1) is 8.28. The Hall–Kier alpha value is -0.570. The van der Waals surface area contributed by atoms with Crippen molar-refractivity contribution in [3.05, 3.63) is 0 Å². The molecule has 1 aliphatic heterocycles. The molecule has 1 heterocycles. The fourth-order valence-corrected chi connectivity index (χ4v) is 3.68. The highest BCUT2D eigenvalue weighted by atomic mass is 16.5. The average Bonchev–Trinajstić information content (AvgIpc) is 2.81. The number of fused-ring (bicyclic) bond motifs is 1. The van der Waals surface area contributed by atoms with Crippen LogP contribution in [0.2, 0.25) is 0 Å². The summed E-state index contributed by atoms with van der Waals surface area (Å²) in [6.45, 7) is 3.85. The first-order valence-corrected chi connectivity index (χ1v) is 7.17. The van der Waals surface area contributed by atoms with Gasteiger partial charge in [-0.1, -0.05) is 6.92 Å². The van der Waals surface area contributed by atoms with Gasteiger partial charge in [0.05, 0.1) is 6.10 Å². The topological polar surface area (TPSA) is 38.3 Å². The largest absolute Gasteiger partial charge is 0.378 e. The van der Waals surface area contributed by atoms with Gasteiger partial charge in [0.25, 0.3) is 0 Å². The Morgan fingerprint density at radius 2 is 2.06 bits per heavy atom. The number of rotatable bonds is 4. The van der Waals surface area contributed by atoms with E-state index in [9.17, 15) is 4.79 Å². The second kappa shape index (κ2) is 4.60. The molecule has 3 aliphatic rings. The van der Waals surface area contributed by atoms with Gasteiger partial charge in [-0.05, 0) is 43.9 Å². The van der Waals surface area contributed by atoms with E-state index in [1.807, 2.05) is 0 Å². The van der Waals surface area contributed by atoms with Crippen LogP contribution in [0.3, 0.4) is 0 Å². The SMILES string of the molecule is CCC1OCCC1CNC(=O)C1CC2CC2C1. The lowest BCUT2D eigenvalue weighted by atomic mass is 9.98. The third-order valence-electron chi connectivity index (χ3n) is 4.90.